The van der Waals surface area contributed by atoms with Gasteiger partial charge >= 0.3 is 6.03 Å². The third-order valence-corrected chi connectivity index (χ3v) is 5.52. The van der Waals surface area contributed by atoms with E-state index in [1.54, 1.807) is 6.07 Å². The van der Waals surface area contributed by atoms with E-state index in [9.17, 15) is 14.0 Å². The molecule has 2 aliphatic heterocycles. The molecule has 2 heterocycles. The van der Waals surface area contributed by atoms with E-state index in [0.29, 0.717) is 30.8 Å². The van der Waals surface area contributed by atoms with Crippen molar-refractivity contribution in [3.05, 3.63) is 29.6 Å². The quantitative estimate of drug-likeness (QED) is 0.767. The lowest BCUT2D eigenvalue weighted by atomic mass is 9.78. The van der Waals surface area contributed by atoms with Crippen molar-refractivity contribution in [2.45, 2.75) is 56.1 Å². The Morgan fingerprint density at radius 3 is 3.08 bits per heavy atom. The van der Waals surface area contributed by atoms with Crippen LogP contribution in [-0.4, -0.2) is 30.1 Å². The van der Waals surface area contributed by atoms with E-state index in [-0.39, 0.29) is 29.8 Å². The van der Waals surface area contributed by atoms with Gasteiger partial charge in [0.05, 0.1) is 30.7 Å². The van der Waals surface area contributed by atoms with Gasteiger partial charge in [-0.25, -0.2) is 9.18 Å². The molecule has 1 aromatic carbocycles. The van der Waals surface area contributed by atoms with Crippen LogP contribution in [0.1, 0.15) is 50.1 Å². The molecule has 0 bridgehead atoms. The summed E-state index contributed by atoms with van der Waals surface area (Å²) in [4.78, 5) is 24.5. The van der Waals surface area contributed by atoms with Gasteiger partial charge in [-0.2, -0.15) is 0 Å². The lowest BCUT2D eigenvalue weighted by molar-refractivity contribution is -0.119. The fraction of sp³-hybridized carbons (Fsp3) is 0.556. The minimum atomic E-state index is -0.505. The Balaban J connectivity index is 1.48. The summed E-state index contributed by atoms with van der Waals surface area (Å²) in [6, 6.07) is 3.73. The van der Waals surface area contributed by atoms with Crippen LogP contribution < -0.4 is 20.7 Å². The molecular weight excluding hydrogens is 325 g/mol. The molecular formula is C18H22FN3O3. The van der Waals surface area contributed by atoms with Gasteiger partial charge in [0.15, 0.2) is 0 Å². The Hall–Kier alpha value is -2.31. The van der Waals surface area contributed by atoms with Crippen LogP contribution in [-0.2, 0) is 4.79 Å². The first-order valence-corrected chi connectivity index (χ1v) is 8.86. The second kappa shape index (κ2) is 6.20. The van der Waals surface area contributed by atoms with Gasteiger partial charge in [-0.05, 0) is 31.0 Å². The first-order chi connectivity index (χ1) is 12.1. The average Bonchev–Trinajstić information content (AvgIpc) is 2.90. The molecule has 25 heavy (non-hydrogen) atoms. The smallest absolute Gasteiger partial charge is 0.315 e. The molecule has 1 saturated carbocycles. The molecule has 3 aliphatic rings. The van der Waals surface area contributed by atoms with E-state index >= 15 is 0 Å². The monoisotopic (exact) mass is 347 g/mol. The topological polar surface area (TPSA) is 79.5 Å². The lowest BCUT2D eigenvalue weighted by Gasteiger charge is -2.39. The summed E-state index contributed by atoms with van der Waals surface area (Å²) >= 11 is 0. The van der Waals surface area contributed by atoms with Gasteiger partial charge in [0, 0.05) is 12.0 Å². The van der Waals surface area contributed by atoms with Crippen LogP contribution >= 0.6 is 0 Å². The number of fused-ring (bicyclic) bond motifs is 2. The fourth-order valence-electron chi connectivity index (χ4n) is 4.32. The molecule has 0 spiro atoms. The summed E-state index contributed by atoms with van der Waals surface area (Å²) in [5, 5.41) is 8.96. The van der Waals surface area contributed by atoms with Gasteiger partial charge in [-0.3, -0.25) is 4.79 Å². The standard InChI is InChI=1S/C18H22FN3O3/c19-11-4-5-14-12(9-11)13(6-8-25-14)20-17(24)22-18-7-2-1-3-15(18)21-16(23)10-18/h4-5,9,13,15H,1-3,6-8,10H2,(H,21,23)(H2,20,22,24)/t13?,15-,18+/m0/s1. The molecule has 3 N–H and O–H groups in total. The van der Waals surface area contributed by atoms with Crippen molar-refractivity contribution in [1.82, 2.24) is 16.0 Å². The highest BCUT2D eigenvalue weighted by atomic mass is 19.1. The van der Waals surface area contributed by atoms with Gasteiger partial charge in [0.1, 0.15) is 11.6 Å². The van der Waals surface area contributed by atoms with Gasteiger partial charge in [0.2, 0.25) is 5.91 Å². The maximum Gasteiger partial charge on any atom is 0.315 e. The van der Waals surface area contributed by atoms with Crippen LogP contribution in [0.4, 0.5) is 9.18 Å². The molecule has 1 aromatic rings. The SMILES string of the molecule is O=C1C[C@]2(NC(=O)NC3CCOc4ccc(F)cc43)CCCC[C@@H]2N1. The molecule has 2 fully saturated rings. The van der Waals surface area contributed by atoms with Gasteiger partial charge in [-0.1, -0.05) is 12.8 Å². The molecule has 4 rings (SSSR count). The second-order valence-corrected chi connectivity index (χ2v) is 7.17. The number of rotatable bonds is 2. The highest BCUT2D eigenvalue weighted by Gasteiger charge is 2.49. The number of carbonyl (C=O) groups excluding carboxylic acids is 2. The molecule has 0 aromatic heterocycles. The van der Waals surface area contributed by atoms with Crippen LogP contribution in [0.15, 0.2) is 18.2 Å². The maximum absolute atomic E-state index is 13.6. The van der Waals surface area contributed by atoms with Crippen molar-refractivity contribution >= 4 is 11.9 Å². The summed E-state index contributed by atoms with van der Waals surface area (Å²) in [6.45, 7) is 0.470. The van der Waals surface area contributed by atoms with E-state index in [0.717, 1.165) is 25.7 Å². The number of carbonyl (C=O) groups is 2. The number of hydrogen-bond acceptors (Lipinski definition) is 3. The summed E-state index contributed by atoms with van der Waals surface area (Å²) in [5.74, 6) is 0.239. The van der Waals surface area contributed by atoms with E-state index < -0.39 is 5.54 Å². The Labute approximate surface area is 145 Å². The second-order valence-electron chi connectivity index (χ2n) is 7.17. The summed E-state index contributed by atoms with van der Waals surface area (Å²) in [6.07, 6.45) is 4.64. The van der Waals surface area contributed by atoms with Crippen LogP contribution in [0.25, 0.3) is 0 Å². The third-order valence-electron chi connectivity index (χ3n) is 5.52. The first-order valence-electron chi connectivity index (χ1n) is 8.86. The van der Waals surface area contributed by atoms with Gasteiger partial charge < -0.3 is 20.7 Å². The number of hydrogen-bond donors (Lipinski definition) is 3. The molecule has 1 unspecified atom stereocenters. The van der Waals surface area contributed by atoms with Crippen molar-refractivity contribution < 1.29 is 18.7 Å². The zero-order valence-electron chi connectivity index (χ0n) is 13.9. The van der Waals surface area contributed by atoms with E-state index in [2.05, 4.69) is 16.0 Å². The Kier molecular flexibility index (Phi) is 4.01. The van der Waals surface area contributed by atoms with E-state index in [4.69, 9.17) is 4.74 Å². The minimum absolute atomic E-state index is 0.00100. The molecule has 3 atom stereocenters. The number of benzene rings is 1. The maximum atomic E-state index is 13.6. The predicted molar refractivity (Wildman–Crippen MR) is 88.7 cm³/mol. The van der Waals surface area contributed by atoms with Crippen LogP contribution in [0.2, 0.25) is 0 Å². The molecule has 0 radical (unpaired) electrons. The summed E-state index contributed by atoms with van der Waals surface area (Å²) < 4.78 is 19.1. The molecule has 1 saturated heterocycles. The molecule has 1 aliphatic carbocycles. The van der Waals surface area contributed by atoms with Gasteiger partial charge in [-0.15, -0.1) is 0 Å². The zero-order valence-corrected chi connectivity index (χ0v) is 13.9. The van der Waals surface area contributed by atoms with Crippen LogP contribution in [0.5, 0.6) is 5.75 Å². The fourth-order valence-corrected chi connectivity index (χ4v) is 4.32. The third kappa shape index (κ3) is 3.03. The van der Waals surface area contributed by atoms with Crippen molar-refractivity contribution in [3.8, 4) is 5.75 Å². The van der Waals surface area contributed by atoms with Crippen molar-refractivity contribution in [2.75, 3.05) is 6.61 Å². The average molecular weight is 347 g/mol. The van der Waals surface area contributed by atoms with Crippen molar-refractivity contribution in [1.29, 1.82) is 0 Å². The number of amides is 3. The normalized spacial score (nSPS) is 30.5. The molecule has 134 valence electrons. The van der Waals surface area contributed by atoms with Crippen LogP contribution in [0.3, 0.4) is 0 Å². The highest BCUT2D eigenvalue weighted by Crippen LogP contribution is 2.36. The first kappa shape index (κ1) is 16.2. The Morgan fingerprint density at radius 2 is 2.20 bits per heavy atom. The Morgan fingerprint density at radius 1 is 1.32 bits per heavy atom. The van der Waals surface area contributed by atoms with Gasteiger partial charge in [0.25, 0.3) is 0 Å². The number of ether oxygens (including phenoxy) is 1. The molecule has 7 heteroatoms. The number of urea groups is 1. The van der Waals surface area contributed by atoms with Crippen molar-refractivity contribution in [3.63, 3.8) is 0 Å². The van der Waals surface area contributed by atoms with Crippen molar-refractivity contribution in [2.24, 2.45) is 0 Å². The lowest BCUT2D eigenvalue weighted by Crippen LogP contribution is -2.60. The molecule has 3 amide bonds. The van der Waals surface area contributed by atoms with E-state index in [1.165, 1.54) is 12.1 Å². The predicted octanol–water partition coefficient (Wildman–Crippen LogP) is 2.15. The summed E-state index contributed by atoms with van der Waals surface area (Å²) in [5.41, 5.74) is 0.148. The summed E-state index contributed by atoms with van der Waals surface area (Å²) in [7, 11) is 0. The van der Waals surface area contributed by atoms with Crippen LogP contribution in [0, 0.1) is 5.82 Å². The highest BCUT2D eigenvalue weighted by molar-refractivity contribution is 5.84. The molecule has 6 nitrogen and oxygen atoms in total. The Bertz CT molecular complexity index is 711. The number of nitrogens with one attached hydrogen (secondary N) is 3. The minimum Gasteiger partial charge on any atom is -0.493 e. The van der Waals surface area contributed by atoms with E-state index in [1.807, 2.05) is 0 Å². The zero-order chi connectivity index (χ0) is 17.4. The largest absolute Gasteiger partial charge is 0.493 e. The number of halogens is 1.